The molecule has 0 saturated heterocycles. The first-order valence-corrected chi connectivity index (χ1v) is 8.73. The van der Waals surface area contributed by atoms with Crippen LogP contribution < -0.4 is 10.0 Å². The molecule has 0 amide bonds. The van der Waals surface area contributed by atoms with Gasteiger partial charge in [-0.15, -0.1) is 0 Å². The van der Waals surface area contributed by atoms with Gasteiger partial charge in [0.05, 0.1) is 11.4 Å². The monoisotopic (exact) mass is 316 g/mol. The van der Waals surface area contributed by atoms with Crippen LogP contribution in [0.15, 0.2) is 24.3 Å². The predicted octanol–water partition coefficient (Wildman–Crippen LogP) is 2.75. The second kappa shape index (κ2) is 7.22. The molecule has 0 aliphatic heterocycles. The molecule has 0 aromatic heterocycles. The van der Waals surface area contributed by atoms with Crippen molar-refractivity contribution in [3.8, 4) is 0 Å². The van der Waals surface area contributed by atoms with Crippen LogP contribution in [0.4, 0.5) is 10.1 Å². The number of anilines is 1. The average Bonchev–Trinajstić information content (AvgIpc) is 2.38. The van der Waals surface area contributed by atoms with Crippen LogP contribution in [-0.4, -0.2) is 27.3 Å². The third-order valence-electron chi connectivity index (χ3n) is 3.13. The van der Waals surface area contributed by atoms with Gasteiger partial charge >= 0.3 is 0 Å². The molecule has 0 bridgehead atoms. The minimum atomic E-state index is -3.44. The molecule has 120 valence electrons. The third-order valence-corrected chi connectivity index (χ3v) is 4.91. The Hall–Kier alpha value is -1.14. The van der Waals surface area contributed by atoms with E-state index in [-0.39, 0.29) is 17.0 Å². The van der Waals surface area contributed by atoms with Gasteiger partial charge in [-0.3, -0.25) is 4.31 Å². The van der Waals surface area contributed by atoms with E-state index in [2.05, 4.69) is 0 Å². The maximum Gasteiger partial charge on any atom is 0.235 e. The summed E-state index contributed by atoms with van der Waals surface area (Å²) in [4.78, 5) is 0. The fraction of sp³-hybridized carbons (Fsp3) is 0.600. The summed E-state index contributed by atoms with van der Waals surface area (Å²) in [6.07, 6.45) is 1.13. The number of nitrogens with two attached hydrogens (primary N) is 1. The quantitative estimate of drug-likeness (QED) is 0.841. The molecule has 1 aromatic rings. The Morgan fingerprint density at radius 1 is 1.19 bits per heavy atom. The van der Waals surface area contributed by atoms with Crippen LogP contribution in [0.25, 0.3) is 0 Å². The second-order valence-electron chi connectivity index (χ2n) is 6.32. The molecule has 2 N–H and O–H groups in total. The third kappa shape index (κ3) is 6.01. The molecular formula is C15H25FN2O2S. The highest BCUT2D eigenvalue weighted by Crippen LogP contribution is 2.24. The second-order valence-corrected chi connectivity index (χ2v) is 8.33. The van der Waals surface area contributed by atoms with E-state index < -0.39 is 10.0 Å². The molecule has 0 aliphatic carbocycles. The first-order chi connectivity index (χ1) is 9.65. The number of halogens is 1. The molecule has 0 saturated carbocycles. The number of hydrogen-bond donors (Lipinski definition) is 1. The van der Waals surface area contributed by atoms with Crippen molar-refractivity contribution in [2.24, 2.45) is 11.1 Å². The van der Waals surface area contributed by atoms with E-state index >= 15 is 0 Å². The first kappa shape index (κ1) is 17.9. The highest BCUT2D eigenvalue weighted by Gasteiger charge is 2.24. The van der Waals surface area contributed by atoms with Crippen LogP contribution in [0.2, 0.25) is 0 Å². The van der Waals surface area contributed by atoms with E-state index in [9.17, 15) is 12.8 Å². The Labute approximate surface area is 127 Å². The lowest BCUT2D eigenvalue weighted by molar-refractivity contribution is 0.397. The zero-order valence-corrected chi connectivity index (χ0v) is 13.8. The molecule has 21 heavy (non-hydrogen) atoms. The number of sulfonamides is 1. The van der Waals surface area contributed by atoms with Gasteiger partial charge in [0.15, 0.2) is 0 Å². The van der Waals surface area contributed by atoms with E-state index in [0.29, 0.717) is 31.6 Å². The predicted molar refractivity (Wildman–Crippen MR) is 85.3 cm³/mol. The average molecular weight is 316 g/mol. The standard InChI is InChI=1S/C15H25FN2O2S/c1-15(2,3)9-12-21(19,20)18(11-4-10-17)14-7-5-13(16)6-8-14/h5-8H,4,9-12,17H2,1-3H3. The fourth-order valence-corrected chi connectivity index (χ4v) is 3.76. The minimum Gasteiger partial charge on any atom is -0.330 e. The lowest BCUT2D eigenvalue weighted by Crippen LogP contribution is -2.35. The molecule has 4 nitrogen and oxygen atoms in total. The van der Waals surface area contributed by atoms with E-state index in [1.54, 1.807) is 0 Å². The van der Waals surface area contributed by atoms with Gasteiger partial charge in [-0.25, -0.2) is 12.8 Å². The molecule has 6 heteroatoms. The van der Waals surface area contributed by atoms with E-state index in [1.165, 1.54) is 28.6 Å². The van der Waals surface area contributed by atoms with Crippen molar-refractivity contribution in [3.63, 3.8) is 0 Å². The molecule has 1 aromatic carbocycles. The van der Waals surface area contributed by atoms with Crippen molar-refractivity contribution in [3.05, 3.63) is 30.1 Å². The van der Waals surface area contributed by atoms with Gasteiger partial charge in [-0.2, -0.15) is 0 Å². The molecule has 1 rings (SSSR count). The van der Waals surface area contributed by atoms with E-state index in [0.717, 1.165) is 0 Å². The first-order valence-electron chi connectivity index (χ1n) is 7.12. The van der Waals surface area contributed by atoms with Crippen LogP contribution in [-0.2, 0) is 10.0 Å². The van der Waals surface area contributed by atoms with Crippen LogP contribution in [0.1, 0.15) is 33.6 Å². The number of hydrogen-bond acceptors (Lipinski definition) is 3. The molecule has 0 atom stereocenters. The van der Waals surface area contributed by atoms with Gasteiger partial charge in [0, 0.05) is 6.54 Å². The van der Waals surface area contributed by atoms with Crippen molar-refractivity contribution in [2.75, 3.05) is 23.1 Å². The summed E-state index contributed by atoms with van der Waals surface area (Å²) in [5.41, 5.74) is 5.91. The largest absolute Gasteiger partial charge is 0.330 e. The van der Waals surface area contributed by atoms with Gasteiger partial charge in [-0.05, 0) is 49.1 Å². The normalized spacial score (nSPS) is 12.4. The summed E-state index contributed by atoms with van der Waals surface area (Å²) >= 11 is 0. The smallest absolute Gasteiger partial charge is 0.235 e. The topological polar surface area (TPSA) is 63.4 Å². The zero-order chi connectivity index (χ0) is 16.1. The number of rotatable bonds is 7. The van der Waals surface area contributed by atoms with Crippen LogP contribution >= 0.6 is 0 Å². The van der Waals surface area contributed by atoms with Crippen LogP contribution in [0, 0.1) is 11.2 Å². The summed E-state index contributed by atoms with van der Waals surface area (Å²) in [6, 6.07) is 5.51. The zero-order valence-electron chi connectivity index (χ0n) is 13.0. The van der Waals surface area contributed by atoms with Gasteiger partial charge in [0.25, 0.3) is 0 Å². The number of nitrogens with zero attached hydrogens (tertiary/aromatic N) is 1. The van der Waals surface area contributed by atoms with Crippen molar-refractivity contribution in [1.29, 1.82) is 0 Å². The Kier molecular flexibility index (Phi) is 6.16. The highest BCUT2D eigenvalue weighted by atomic mass is 32.2. The molecular weight excluding hydrogens is 291 g/mol. The van der Waals surface area contributed by atoms with Crippen molar-refractivity contribution >= 4 is 15.7 Å². The van der Waals surface area contributed by atoms with Gasteiger partial charge in [-0.1, -0.05) is 20.8 Å². The summed E-state index contributed by atoms with van der Waals surface area (Å²) < 4.78 is 39.5. The van der Waals surface area contributed by atoms with Gasteiger partial charge in [0.2, 0.25) is 10.0 Å². The summed E-state index contributed by atoms with van der Waals surface area (Å²) in [7, 11) is -3.44. The molecule has 0 unspecified atom stereocenters. The van der Waals surface area contributed by atoms with Crippen molar-refractivity contribution in [1.82, 2.24) is 0 Å². The lowest BCUT2D eigenvalue weighted by Gasteiger charge is -2.26. The summed E-state index contributed by atoms with van der Waals surface area (Å²) in [5, 5.41) is 0. The molecule has 0 radical (unpaired) electrons. The molecule has 0 heterocycles. The van der Waals surface area contributed by atoms with Gasteiger partial charge in [0.1, 0.15) is 5.82 Å². The number of benzene rings is 1. The fourth-order valence-electron chi connectivity index (χ4n) is 1.82. The van der Waals surface area contributed by atoms with E-state index in [4.69, 9.17) is 5.73 Å². The van der Waals surface area contributed by atoms with Crippen LogP contribution in [0.3, 0.4) is 0 Å². The Morgan fingerprint density at radius 2 is 1.76 bits per heavy atom. The van der Waals surface area contributed by atoms with Crippen molar-refractivity contribution < 1.29 is 12.8 Å². The Morgan fingerprint density at radius 3 is 2.24 bits per heavy atom. The maximum absolute atomic E-state index is 13.0. The molecule has 0 fully saturated rings. The molecule has 0 aliphatic rings. The Bertz CT molecular complexity index is 536. The van der Waals surface area contributed by atoms with Gasteiger partial charge < -0.3 is 5.73 Å². The van der Waals surface area contributed by atoms with Crippen molar-refractivity contribution in [2.45, 2.75) is 33.6 Å². The lowest BCUT2D eigenvalue weighted by atomic mass is 9.94. The maximum atomic E-state index is 13.0. The summed E-state index contributed by atoms with van der Waals surface area (Å²) in [6.45, 7) is 6.74. The van der Waals surface area contributed by atoms with Crippen LogP contribution in [0.5, 0.6) is 0 Å². The SMILES string of the molecule is CC(C)(C)CCS(=O)(=O)N(CCCN)c1ccc(F)cc1. The van der Waals surface area contributed by atoms with E-state index in [1.807, 2.05) is 20.8 Å². The summed E-state index contributed by atoms with van der Waals surface area (Å²) in [5.74, 6) is -0.317. The highest BCUT2D eigenvalue weighted by molar-refractivity contribution is 7.92. The molecule has 0 spiro atoms. The minimum absolute atomic E-state index is 0.0601. The Balaban J connectivity index is 2.98.